The van der Waals surface area contributed by atoms with E-state index in [2.05, 4.69) is 15.1 Å². The summed E-state index contributed by atoms with van der Waals surface area (Å²) in [4.78, 5) is 17.7. The van der Waals surface area contributed by atoms with Crippen LogP contribution in [-0.2, 0) is 19.4 Å². The first-order valence-electron chi connectivity index (χ1n) is 13.7. The third kappa shape index (κ3) is 8.06. The number of morpholine rings is 1. The molecule has 0 bridgehead atoms. The number of nitrogens with one attached hydrogen (secondary N) is 1. The van der Waals surface area contributed by atoms with Crippen LogP contribution in [0.1, 0.15) is 49.7 Å². The normalized spacial score (nSPS) is 19.5. The second kappa shape index (κ2) is 13.3. The lowest BCUT2D eigenvalue weighted by Gasteiger charge is -2.36. The summed E-state index contributed by atoms with van der Waals surface area (Å²) < 4.78 is 57.4. The van der Waals surface area contributed by atoms with Gasteiger partial charge in [0.1, 0.15) is 11.6 Å². The zero-order valence-corrected chi connectivity index (χ0v) is 23.6. The van der Waals surface area contributed by atoms with Crippen LogP contribution in [0.4, 0.5) is 8.78 Å². The molecule has 10 heteroatoms. The zero-order chi connectivity index (χ0) is 28.0. The molecular formula is C29H39F2N3O4S. The predicted molar refractivity (Wildman–Crippen MR) is 146 cm³/mol. The highest BCUT2D eigenvalue weighted by Gasteiger charge is 2.29. The first-order valence-corrected chi connectivity index (χ1v) is 15.6. The number of piperidine rings is 1. The summed E-state index contributed by atoms with van der Waals surface area (Å²) in [6, 6.07) is 10.1. The average Bonchev–Trinajstić information content (AvgIpc) is 2.90. The largest absolute Gasteiger partial charge is 0.379 e. The summed E-state index contributed by atoms with van der Waals surface area (Å²) in [7, 11) is -3.35. The zero-order valence-electron chi connectivity index (χ0n) is 22.7. The van der Waals surface area contributed by atoms with E-state index in [-0.39, 0.29) is 28.8 Å². The molecule has 0 saturated carbocycles. The maximum atomic E-state index is 14.1. The number of hydrogen-bond donors (Lipinski definition) is 1. The van der Waals surface area contributed by atoms with Gasteiger partial charge in [-0.15, -0.1) is 0 Å². The van der Waals surface area contributed by atoms with E-state index in [1.807, 2.05) is 6.92 Å². The van der Waals surface area contributed by atoms with Crippen LogP contribution >= 0.6 is 0 Å². The summed E-state index contributed by atoms with van der Waals surface area (Å²) in [5, 5.41) is 3.25. The Morgan fingerprint density at radius 2 is 1.62 bits per heavy atom. The number of halogens is 2. The monoisotopic (exact) mass is 563 g/mol. The summed E-state index contributed by atoms with van der Waals surface area (Å²) >= 11 is 0. The van der Waals surface area contributed by atoms with Crippen molar-refractivity contribution in [1.82, 2.24) is 15.1 Å². The molecule has 2 aromatic carbocycles. The van der Waals surface area contributed by atoms with E-state index in [0.29, 0.717) is 31.7 Å². The Bertz CT molecular complexity index is 1190. The van der Waals surface area contributed by atoms with Gasteiger partial charge < -0.3 is 15.0 Å². The molecule has 0 aliphatic carbocycles. The minimum Gasteiger partial charge on any atom is -0.379 e. The van der Waals surface area contributed by atoms with Crippen LogP contribution in [0.25, 0.3) is 0 Å². The Labute approximate surface area is 230 Å². The topological polar surface area (TPSA) is 79.0 Å². The molecule has 2 atom stereocenters. The molecule has 4 rings (SSSR count). The van der Waals surface area contributed by atoms with E-state index in [9.17, 15) is 22.0 Å². The van der Waals surface area contributed by atoms with Gasteiger partial charge in [0.25, 0.3) is 0 Å². The molecule has 39 heavy (non-hydrogen) atoms. The van der Waals surface area contributed by atoms with E-state index in [4.69, 9.17) is 4.74 Å². The van der Waals surface area contributed by atoms with Crippen molar-refractivity contribution in [3.05, 3.63) is 65.2 Å². The van der Waals surface area contributed by atoms with Gasteiger partial charge in [0.2, 0.25) is 5.91 Å². The standard InChI is InChI=1S/C29H39F2N3O4S/c1-3-28(34-14-16-38-17-15-34)29(35)32-25-8-11-33(12-9-25)13-10-27(22-18-23(30)20-24(31)19-22)21-4-6-26(7-5-21)39(2,36)37/h4-7,18-20,25,27-28H,3,8-17H2,1-2H3,(H,32,35). The van der Waals surface area contributed by atoms with Gasteiger partial charge >= 0.3 is 0 Å². The quantitative estimate of drug-likeness (QED) is 0.476. The lowest BCUT2D eigenvalue weighted by atomic mass is 9.88. The van der Waals surface area contributed by atoms with Crippen molar-refractivity contribution in [1.29, 1.82) is 0 Å². The van der Waals surface area contributed by atoms with Crippen LogP contribution in [0.15, 0.2) is 47.4 Å². The van der Waals surface area contributed by atoms with Crippen LogP contribution in [0.2, 0.25) is 0 Å². The molecule has 2 aromatic rings. The average molecular weight is 564 g/mol. The number of hydrogen-bond acceptors (Lipinski definition) is 6. The molecule has 214 valence electrons. The maximum Gasteiger partial charge on any atom is 0.237 e. The van der Waals surface area contributed by atoms with Crippen LogP contribution in [0, 0.1) is 11.6 Å². The van der Waals surface area contributed by atoms with Gasteiger partial charge in [-0.2, -0.15) is 0 Å². The Balaban J connectivity index is 1.36. The molecule has 2 aliphatic rings. The molecule has 2 fully saturated rings. The van der Waals surface area contributed by atoms with Gasteiger partial charge in [-0.05, 0) is 67.6 Å². The molecule has 1 N–H and O–H groups in total. The molecule has 7 nitrogen and oxygen atoms in total. The van der Waals surface area contributed by atoms with Crippen LogP contribution in [-0.4, -0.2) is 88.4 Å². The molecule has 0 aromatic heterocycles. The van der Waals surface area contributed by atoms with E-state index in [0.717, 1.165) is 63.3 Å². The Hall–Kier alpha value is -2.40. The lowest BCUT2D eigenvalue weighted by molar-refractivity contribution is -0.129. The van der Waals surface area contributed by atoms with Gasteiger partial charge in [-0.25, -0.2) is 17.2 Å². The number of likely N-dealkylation sites (tertiary alicyclic amines) is 1. The van der Waals surface area contributed by atoms with Crippen molar-refractivity contribution < 1.29 is 26.7 Å². The highest BCUT2D eigenvalue weighted by Crippen LogP contribution is 2.31. The number of nitrogens with zero attached hydrogens (tertiary/aromatic N) is 2. The number of amides is 1. The highest BCUT2D eigenvalue weighted by atomic mass is 32.2. The van der Waals surface area contributed by atoms with E-state index < -0.39 is 21.5 Å². The first kappa shape index (κ1) is 29.6. The molecule has 2 unspecified atom stereocenters. The van der Waals surface area contributed by atoms with E-state index in [1.165, 1.54) is 12.1 Å². The Kier molecular flexibility index (Phi) is 10.1. The highest BCUT2D eigenvalue weighted by molar-refractivity contribution is 7.90. The summed E-state index contributed by atoms with van der Waals surface area (Å²) in [6.45, 7) is 7.25. The fourth-order valence-corrected chi connectivity index (χ4v) is 6.29. The van der Waals surface area contributed by atoms with Crippen LogP contribution in [0.5, 0.6) is 0 Å². The third-order valence-corrected chi connectivity index (χ3v) is 8.97. The van der Waals surface area contributed by atoms with Gasteiger partial charge in [-0.1, -0.05) is 19.1 Å². The molecule has 1 amide bonds. The Morgan fingerprint density at radius 3 is 2.18 bits per heavy atom. The summed E-state index contributed by atoms with van der Waals surface area (Å²) in [5.74, 6) is -1.48. The van der Waals surface area contributed by atoms with Gasteiger partial charge in [0, 0.05) is 50.5 Å². The molecule has 2 heterocycles. The number of ether oxygens (including phenoxy) is 1. The van der Waals surface area contributed by atoms with E-state index in [1.54, 1.807) is 24.3 Å². The molecule has 2 saturated heterocycles. The SMILES string of the molecule is CCC(C(=O)NC1CCN(CCC(c2ccc(S(C)(=O)=O)cc2)c2cc(F)cc(F)c2)CC1)N1CCOCC1. The number of sulfone groups is 1. The number of carbonyl (C=O) groups excluding carboxylic acids is 1. The van der Waals surface area contributed by atoms with Crippen LogP contribution in [0.3, 0.4) is 0 Å². The first-order chi connectivity index (χ1) is 18.6. The Morgan fingerprint density at radius 1 is 1.00 bits per heavy atom. The molecule has 0 radical (unpaired) electrons. The van der Waals surface area contributed by atoms with Crippen molar-refractivity contribution in [2.45, 2.75) is 55.5 Å². The fraction of sp³-hybridized carbons (Fsp3) is 0.552. The lowest BCUT2D eigenvalue weighted by Crippen LogP contribution is -2.54. The van der Waals surface area contributed by atoms with E-state index >= 15 is 0 Å². The number of benzene rings is 2. The number of carbonyl (C=O) groups is 1. The second-order valence-electron chi connectivity index (χ2n) is 10.6. The minimum absolute atomic E-state index is 0.0867. The predicted octanol–water partition coefficient (Wildman–Crippen LogP) is 3.58. The van der Waals surface area contributed by atoms with Crippen molar-refractivity contribution in [2.24, 2.45) is 0 Å². The van der Waals surface area contributed by atoms with Crippen LogP contribution < -0.4 is 5.32 Å². The second-order valence-corrected chi connectivity index (χ2v) is 12.6. The summed E-state index contributed by atoms with van der Waals surface area (Å²) in [5.41, 5.74) is 1.33. The number of rotatable bonds is 10. The summed E-state index contributed by atoms with van der Waals surface area (Å²) in [6.07, 6.45) is 4.21. The fourth-order valence-electron chi connectivity index (χ4n) is 5.66. The van der Waals surface area contributed by atoms with Crippen molar-refractivity contribution in [3.63, 3.8) is 0 Å². The maximum absolute atomic E-state index is 14.1. The van der Waals surface area contributed by atoms with Crippen molar-refractivity contribution >= 4 is 15.7 Å². The van der Waals surface area contributed by atoms with Gasteiger partial charge in [0.15, 0.2) is 9.84 Å². The third-order valence-electron chi connectivity index (χ3n) is 7.84. The van der Waals surface area contributed by atoms with Crippen molar-refractivity contribution in [2.75, 3.05) is 52.2 Å². The van der Waals surface area contributed by atoms with Crippen molar-refractivity contribution in [3.8, 4) is 0 Å². The van der Waals surface area contributed by atoms with Gasteiger partial charge in [-0.3, -0.25) is 9.69 Å². The molecular weight excluding hydrogens is 524 g/mol. The van der Waals surface area contributed by atoms with Gasteiger partial charge in [0.05, 0.1) is 24.2 Å². The minimum atomic E-state index is -3.35. The smallest absolute Gasteiger partial charge is 0.237 e. The molecule has 2 aliphatic heterocycles. The molecule has 0 spiro atoms.